The summed E-state index contributed by atoms with van der Waals surface area (Å²) in [5.74, 6) is 2.67. The van der Waals surface area contributed by atoms with Crippen LogP contribution in [0.1, 0.15) is 0 Å². The molecule has 0 aliphatic heterocycles. The predicted octanol–water partition coefficient (Wildman–Crippen LogP) is 4.80. The molecular weight excluding hydrogens is 324 g/mol. The van der Waals surface area contributed by atoms with Crippen LogP contribution < -0.4 is 0 Å². The first-order valence-electron chi connectivity index (χ1n) is 5.14. The van der Waals surface area contributed by atoms with Gasteiger partial charge < -0.3 is 28.2 Å². The Hall–Kier alpha value is -0.434. The van der Waals surface area contributed by atoms with E-state index in [0.717, 1.165) is 0 Å². The molecule has 0 aromatic carbocycles. The quantitative estimate of drug-likeness (QED) is 0.367. The summed E-state index contributed by atoms with van der Waals surface area (Å²) in [6.07, 6.45) is 0. The third-order valence-electron chi connectivity index (χ3n) is 1.22. The molecule has 0 aliphatic carbocycles. The van der Waals surface area contributed by atoms with Crippen molar-refractivity contribution < 1.29 is 17.1 Å². The SMILES string of the molecule is [CH2-]C#C[Si](C)(C)C.[Cu].[c-]1cccs1.[c-]1cccs1. The molecule has 0 aliphatic rings. The first-order chi connectivity index (χ1) is 8.06. The zero-order valence-corrected chi connectivity index (χ0v) is 14.4. The maximum atomic E-state index is 3.44. The summed E-state index contributed by atoms with van der Waals surface area (Å²) in [5, 5.41) is 9.78. The van der Waals surface area contributed by atoms with Crippen LogP contribution in [-0.2, 0) is 17.1 Å². The van der Waals surface area contributed by atoms with Crippen molar-refractivity contribution in [3.8, 4) is 11.5 Å². The Balaban J connectivity index is 0. The van der Waals surface area contributed by atoms with E-state index in [-0.39, 0.29) is 17.1 Å². The van der Waals surface area contributed by atoms with Gasteiger partial charge in [0.2, 0.25) is 0 Å². The molecule has 0 spiro atoms. The normalized spacial score (nSPS) is 8.17. The van der Waals surface area contributed by atoms with Crippen LogP contribution in [0.5, 0.6) is 0 Å². The first kappa shape index (κ1) is 19.9. The fourth-order valence-electron chi connectivity index (χ4n) is 0.658. The van der Waals surface area contributed by atoms with Crippen molar-refractivity contribution in [3.63, 3.8) is 0 Å². The molecule has 0 amide bonds. The third-order valence-corrected chi connectivity index (χ3v) is 3.28. The second-order valence-electron chi connectivity index (χ2n) is 4.01. The third kappa shape index (κ3) is 17.9. The van der Waals surface area contributed by atoms with E-state index < -0.39 is 8.07 Å². The second-order valence-corrected chi connectivity index (χ2v) is 10.3. The Kier molecular flexibility index (Phi) is 14.4. The number of hydrogen-bond acceptors (Lipinski definition) is 2. The second kappa shape index (κ2) is 13.0. The van der Waals surface area contributed by atoms with Gasteiger partial charge in [-0.2, -0.15) is 29.8 Å². The van der Waals surface area contributed by atoms with Crippen molar-refractivity contribution in [1.29, 1.82) is 0 Å². The molecule has 0 saturated heterocycles. The van der Waals surface area contributed by atoms with Gasteiger partial charge in [-0.3, -0.25) is 5.92 Å². The molecular formula is C14H17CuS2Si-3. The van der Waals surface area contributed by atoms with Crippen molar-refractivity contribution in [2.24, 2.45) is 0 Å². The van der Waals surface area contributed by atoms with Crippen LogP contribution in [0.4, 0.5) is 0 Å². The Morgan fingerprint density at radius 2 is 1.44 bits per heavy atom. The number of rotatable bonds is 0. The average molecular weight is 341 g/mol. The summed E-state index contributed by atoms with van der Waals surface area (Å²) < 4.78 is 0. The Labute approximate surface area is 131 Å². The van der Waals surface area contributed by atoms with Gasteiger partial charge in [0, 0.05) is 25.1 Å². The Bertz CT molecular complexity index is 330. The van der Waals surface area contributed by atoms with E-state index in [1.807, 2.05) is 35.0 Å². The number of thiophene rings is 2. The zero-order chi connectivity index (χ0) is 13.0. The van der Waals surface area contributed by atoms with Gasteiger partial charge in [-0.05, 0) is 0 Å². The minimum absolute atomic E-state index is 0. The monoisotopic (exact) mass is 340 g/mol. The maximum absolute atomic E-state index is 3.44. The molecule has 1 radical (unpaired) electrons. The van der Waals surface area contributed by atoms with Crippen molar-refractivity contribution in [2.45, 2.75) is 19.6 Å². The summed E-state index contributed by atoms with van der Waals surface area (Å²) in [4.78, 5) is 0. The van der Waals surface area contributed by atoms with Gasteiger partial charge in [-0.25, -0.2) is 12.1 Å². The minimum atomic E-state index is -1.08. The molecule has 0 atom stereocenters. The molecule has 2 aromatic heterocycles. The molecule has 18 heavy (non-hydrogen) atoms. The van der Waals surface area contributed by atoms with Crippen LogP contribution in [0.15, 0.2) is 35.0 Å². The molecule has 0 bridgehead atoms. The van der Waals surface area contributed by atoms with E-state index in [1.165, 1.54) is 0 Å². The molecule has 2 rings (SSSR count). The topological polar surface area (TPSA) is 0 Å². The van der Waals surface area contributed by atoms with Crippen molar-refractivity contribution in [2.75, 3.05) is 0 Å². The van der Waals surface area contributed by atoms with Gasteiger partial charge in [0.25, 0.3) is 0 Å². The Morgan fingerprint density at radius 1 is 1.00 bits per heavy atom. The summed E-state index contributed by atoms with van der Waals surface area (Å²) in [6, 6.07) is 7.71. The zero-order valence-electron chi connectivity index (χ0n) is 10.8. The fraction of sp³-hybridized carbons (Fsp3) is 0.214. The summed E-state index contributed by atoms with van der Waals surface area (Å²) >= 11 is 3.18. The molecule has 0 saturated carbocycles. The molecule has 2 aromatic rings. The van der Waals surface area contributed by atoms with E-state index in [4.69, 9.17) is 0 Å². The maximum Gasteiger partial charge on any atom is 0.0120 e. The molecule has 103 valence electrons. The van der Waals surface area contributed by atoms with Gasteiger partial charge >= 0.3 is 0 Å². The van der Waals surface area contributed by atoms with E-state index in [0.29, 0.717) is 0 Å². The van der Waals surface area contributed by atoms with E-state index in [9.17, 15) is 0 Å². The number of hydrogen-bond donors (Lipinski definition) is 0. The molecule has 0 fully saturated rings. The predicted molar refractivity (Wildman–Crippen MR) is 82.8 cm³/mol. The largest absolute Gasteiger partial charge is 0.333 e. The van der Waals surface area contributed by atoms with Crippen molar-refractivity contribution >= 4 is 30.7 Å². The van der Waals surface area contributed by atoms with E-state index in [1.54, 1.807) is 22.7 Å². The van der Waals surface area contributed by atoms with Gasteiger partial charge in [0.1, 0.15) is 0 Å². The smallest absolute Gasteiger partial charge is 0.0120 e. The van der Waals surface area contributed by atoms with Crippen LogP contribution in [0.2, 0.25) is 19.6 Å². The summed E-state index contributed by atoms with van der Waals surface area (Å²) in [7, 11) is -1.08. The van der Waals surface area contributed by atoms with Crippen LogP contribution in [-0.4, -0.2) is 8.07 Å². The summed E-state index contributed by atoms with van der Waals surface area (Å²) in [5.41, 5.74) is 3.06. The minimum Gasteiger partial charge on any atom is -0.333 e. The molecule has 0 unspecified atom stereocenters. The standard InChI is InChI=1S/C6H11Si.2C4H3S.Cu/c1-5-6-7(2,3)4;2*1-2-4-5-3-1;/h1H2,2-4H3;2*1-3H;/q3*-1;. The van der Waals surface area contributed by atoms with Crippen molar-refractivity contribution in [3.05, 3.63) is 52.7 Å². The molecule has 0 N–H and O–H groups in total. The van der Waals surface area contributed by atoms with Crippen LogP contribution >= 0.6 is 22.7 Å². The fourth-order valence-corrected chi connectivity index (χ4v) is 1.97. The van der Waals surface area contributed by atoms with Gasteiger partial charge in [0.05, 0.1) is 0 Å². The van der Waals surface area contributed by atoms with E-state index in [2.05, 4.69) is 48.8 Å². The van der Waals surface area contributed by atoms with Crippen molar-refractivity contribution in [1.82, 2.24) is 0 Å². The molecule has 4 heteroatoms. The van der Waals surface area contributed by atoms with Crippen LogP contribution in [0.3, 0.4) is 0 Å². The van der Waals surface area contributed by atoms with E-state index >= 15 is 0 Å². The molecule has 2 heterocycles. The van der Waals surface area contributed by atoms with Gasteiger partial charge in [-0.15, -0.1) is 10.8 Å². The van der Waals surface area contributed by atoms with Gasteiger partial charge in [0.15, 0.2) is 0 Å². The van der Waals surface area contributed by atoms with Crippen LogP contribution in [0.25, 0.3) is 0 Å². The van der Waals surface area contributed by atoms with Crippen LogP contribution in [0, 0.1) is 29.1 Å². The molecule has 0 nitrogen and oxygen atoms in total. The summed E-state index contributed by atoms with van der Waals surface area (Å²) in [6.45, 7) is 10.0. The average Bonchev–Trinajstić information content (AvgIpc) is 2.96. The van der Waals surface area contributed by atoms with Gasteiger partial charge in [-0.1, -0.05) is 19.6 Å². The Morgan fingerprint density at radius 3 is 1.50 bits per heavy atom. The first-order valence-corrected chi connectivity index (χ1v) is 10.4.